The lowest BCUT2D eigenvalue weighted by Gasteiger charge is -2.31. The van der Waals surface area contributed by atoms with Crippen molar-refractivity contribution < 1.29 is 14.3 Å². The predicted molar refractivity (Wildman–Crippen MR) is 53.2 cm³/mol. The van der Waals surface area contributed by atoms with Gasteiger partial charge in [0.15, 0.2) is 0 Å². The predicted octanol–water partition coefficient (Wildman–Crippen LogP) is -0.488. The van der Waals surface area contributed by atoms with E-state index < -0.39 is 0 Å². The second-order valence-corrected chi connectivity index (χ2v) is 4.08. The van der Waals surface area contributed by atoms with Crippen molar-refractivity contribution in [2.75, 3.05) is 19.7 Å². The highest BCUT2D eigenvalue weighted by Gasteiger charge is 2.33. The van der Waals surface area contributed by atoms with E-state index in [0.29, 0.717) is 6.54 Å². The fourth-order valence-corrected chi connectivity index (χ4v) is 1.96. The molecule has 0 bridgehead atoms. The van der Waals surface area contributed by atoms with E-state index in [2.05, 4.69) is 5.32 Å². The number of amides is 2. The molecule has 2 rings (SSSR count). The lowest BCUT2D eigenvalue weighted by Crippen LogP contribution is -2.58. The fraction of sp³-hybridized carbons (Fsp3) is 0.800. The van der Waals surface area contributed by atoms with Crippen LogP contribution in [-0.4, -0.2) is 48.6 Å². The Kier molecular flexibility index (Phi) is 3.02. The lowest BCUT2D eigenvalue weighted by molar-refractivity contribution is -0.150. The molecular weight excluding hydrogens is 196 g/mol. The van der Waals surface area contributed by atoms with Crippen LogP contribution in [0.2, 0.25) is 0 Å². The number of carbonyl (C=O) groups excluding carboxylic acids is 2. The molecule has 2 fully saturated rings. The van der Waals surface area contributed by atoms with Crippen molar-refractivity contribution in [3.63, 3.8) is 0 Å². The van der Waals surface area contributed by atoms with E-state index in [-0.39, 0.29) is 30.5 Å². The zero-order valence-electron chi connectivity index (χ0n) is 8.86. The van der Waals surface area contributed by atoms with E-state index >= 15 is 0 Å². The molecule has 0 aromatic carbocycles. The third kappa shape index (κ3) is 2.18. The summed E-state index contributed by atoms with van der Waals surface area (Å²) in [4.78, 5) is 24.6. The second kappa shape index (κ2) is 4.28. The van der Waals surface area contributed by atoms with Gasteiger partial charge in [-0.25, -0.2) is 0 Å². The molecule has 0 saturated carbocycles. The molecule has 2 saturated heterocycles. The topological polar surface area (TPSA) is 58.6 Å². The summed E-state index contributed by atoms with van der Waals surface area (Å²) >= 11 is 0. The van der Waals surface area contributed by atoms with E-state index in [0.717, 1.165) is 19.4 Å². The molecule has 0 radical (unpaired) electrons. The standard InChI is InChI=1S/C10H16N2O3/c1-7-10(14)12(9(13)5-11-7)6-8-3-2-4-15-8/h7-8,11H,2-6H2,1H3. The Morgan fingerprint density at radius 2 is 2.33 bits per heavy atom. The van der Waals surface area contributed by atoms with Gasteiger partial charge in [0.2, 0.25) is 11.8 Å². The van der Waals surface area contributed by atoms with Gasteiger partial charge >= 0.3 is 0 Å². The molecule has 2 aliphatic rings. The quantitative estimate of drug-likeness (QED) is 0.628. The lowest BCUT2D eigenvalue weighted by atomic mass is 10.1. The first-order valence-corrected chi connectivity index (χ1v) is 5.37. The maximum absolute atomic E-state index is 11.7. The first kappa shape index (κ1) is 10.6. The van der Waals surface area contributed by atoms with Crippen molar-refractivity contribution in [1.29, 1.82) is 0 Å². The summed E-state index contributed by atoms with van der Waals surface area (Å²) in [7, 11) is 0. The Labute approximate surface area is 88.8 Å². The molecule has 0 aromatic heterocycles. The summed E-state index contributed by atoms with van der Waals surface area (Å²) in [6.07, 6.45) is 2.01. The summed E-state index contributed by atoms with van der Waals surface area (Å²) in [6.45, 7) is 3.19. The van der Waals surface area contributed by atoms with Crippen LogP contribution in [0.4, 0.5) is 0 Å². The Hall–Kier alpha value is -0.940. The van der Waals surface area contributed by atoms with Gasteiger partial charge in [-0.05, 0) is 19.8 Å². The molecule has 0 aliphatic carbocycles. The Balaban J connectivity index is 1.98. The first-order valence-electron chi connectivity index (χ1n) is 5.37. The molecule has 84 valence electrons. The first-order chi connectivity index (χ1) is 7.18. The van der Waals surface area contributed by atoms with Crippen molar-refractivity contribution in [3.8, 4) is 0 Å². The molecule has 2 heterocycles. The van der Waals surface area contributed by atoms with Gasteiger partial charge < -0.3 is 4.74 Å². The second-order valence-electron chi connectivity index (χ2n) is 4.08. The van der Waals surface area contributed by atoms with Crippen LogP contribution < -0.4 is 5.32 Å². The minimum Gasteiger partial charge on any atom is -0.376 e. The van der Waals surface area contributed by atoms with Crippen LogP contribution in [0, 0.1) is 0 Å². The van der Waals surface area contributed by atoms with Crippen LogP contribution in [0.15, 0.2) is 0 Å². The number of ether oxygens (including phenoxy) is 1. The number of nitrogens with zero attached hydrogens (tertiary/aromatic N) is 1. The number of rotatable bonds is 2. The van der Waals surface area contributed by atoms with Crippen molar-refractivity contribution in [2.45, 2.75) is 31.9 Å². The van der Waals surface area contributed by atoms with Gasteiger partial charge in [0.25, 0.3) is 0 Å². The van der Waals surface area contributed by atoms with Gasteiger partial charge in [0.05, 0.1) is 25.2 Å². The zero-order chi connectivity index (χ0) is 10.8. The van der Waals surface area contributed by atoms with Crippen LogP contribution in [0.5, 0.6) is 0 Å². The molecule has 2 unspecified atom stereocenters. The van der Waals surface area contributed by atoms with Crippen molar-refractivity contribution in [3.05, 3.63) is 0 Å². The van der Waals surface area contributed by atoms with Gasteiger partial charge in [0, 0.05) is 6.61 Å². The van der Waals surface area contributed by atoms with Crippen molar-refractivity contribution in [1.82, 2.24) is 10.2 Å². The highest BCUT2D eigenvalue weighted by atomic mass is 16.5. The average molecular weight is 212 g/mol. The van der Waals surface area contributed by atoms with Crippen LogP contribution in [0.1, 0.15) is 19.8 Å². The van der Waals surface area contributed by atoms with Gasteiger partial charge in [-0.2, -0.15) is 0 Å². The molecule has 5 nitrogen and oxygen atoms in total. The normalized spacial score (nSPS) is 32.5. The summed E-state index contributed by atoms with van der Waals surface area (Å²) in [5, 5.41) is 2.85. The number of hydrogen-bond acceptors (Lipinski definition) is 4. The SMILES string of the molecule is CC1NCC(=O)N(CC2CCCO2)C1=O. The number of carbonyl (C=O) groups is 2. The third-order valence-corrected chi connectivity index (χ3v) is 2.91. The Bertz CT molecular complexity index is 274. The molecule has 15 heavy (non-hydrogen) atoms. The molecule has 5 heteroatoms. The molecule has 0 spiro atoms. The van der Waals surface area contributed by atoms with E-state index in [9.17, 15) is 9.59 Å². The molecule has 2 atom stereocenters. The van der Waals surface area contributed by atoms with Crippen LogP contribution in [-0.2, 0) is 14.3 Å². The third-order valence-electron chi connectivity index (χ3n) is 2.91. The maximum Gasteiger partial charge on any atom is 0.246 e. The average Bonchev–Trinajstić information content (AvgIpc) is 2.71. The fourth-order valence-electron chi connectivity index (χ4n) is 1.96. The summed E-state index contributed by atoms with van der Waals surface area (Å²) in [5.41, 5.74) is 0. The minimum absolute atomic E-state index is 0.0446. The Morgan fingerprint density at radius 3 is 3.00 bits per heavy atom. The van der Waals surface area contributed by atoms with Gasteiger partial charge in [-0.1, -0.05) is 0 Å². The van der Waals surface area contributed by atoms with Crippen LogP contribution >= 0.6 is 0 Å². The van der Waals surface area contributed by atoms with E-state index in [1.54, 1.807) is 6.92 Å². The molecular formula is C10H16N2O3. The zero-order valence-corrected chi connectivity index (χ0v) is 8.86. The highest BCUT2D eigenvalue weighted by molar-refractivity contribution is 6.00. The van der Waals surface area contributed by atoms with Crippen LogP contribution in [0.25, 0.3) is 0 Å². The highest BCUT2D eigenvalue weighted by Crippen LogP contribution is 2.15. The summed E-state index contributed by atoms with van der Waals surface area (Å²) in [5.74, 6) is -0.282. The monoisotopic (exact) mass is 212 g/mol. The summed E-state index contributed by atoms with van der Waals surface area (Å²) in [6, 6.07) is -0.260. The van der Waals surface area contributed by atoms with Gasteiger partial charge in [-0.15, -0.1) is 0 Å². The van der Waals surface area contributed by atoms with E-state index in [1.807, 2.05) is 0 Å². The van der Waals surface area contributed by atoms with Gasteiger partial charge in [-0.3, -0.25) is 19.8 Å². The number of piperazine rings is 1. The van der Waals surface area contributed by atoms with Crippen molar-refractivity contribution >= 4 is 11.8 Å². The molecule has 2 aliphatic heterocycles. The maximum atomic E-state index is 11.7. The number of imide groups is 1. The smallest absolute Gasteiger partial charge is 0.246 e. The molecule has 0 aromatic rings. The van der Waals surface area contributed by atoms with Gasteiger partial charge in [0.1, 0.15) is 0 Å². The summed E-state index contributed by atoms with van der Waals surface area (Å²) < 4.78 is 5.42. The van der Waals surface area contributed by atoms with Crippen LogP contribution in [0.3, 0.4) is 0 Å². The largest absolute Gasteiger partial charge is 0.376 e. The molecule has 2 amide bonds. The van der Waals surface area contributed by atoms with E-state index in [4.69, 9.17) is 4.74 Å². The van der Waals surface area contributed by atoms with Crippen molar-refractivity contribution in [2.24, 2.45) is 0 Å². The molecule has 1 N–H and O–H groups in total. The number of hydrogen-bond donors (Lipinski definition) is 1. The number of nitrogens with one attached hydrogen (secondary N) is 1. The van der Waals surface area contributed by atoms with E-state index in [1.165, 1.54) is 4.90 Å². The Morgan fingerprint density at radius 1 is 1.53 bits per heavy atom. The minimum atomic E-state index is -0.260.